The summed E-state index contributed by atoms with van der Waals surface area (Å²) in [5.41, 5.74) is 40.2. The van der Waals surface area contributed by atoms with E-state index >= 15 is 0 Å². The number of para-hydroxylation sites is 4. The molecule has 0 atom stereocenters. The normalized spacial score (nSPS) is 12.8. The Kier molecular flexibility index (Phi) is 17.8. The summed E-state index contributed by atoms with van der Waals surface area (Å²) in [6, 6.07) is 175. The van der Waals surface area contributed by atoms with E-state index in [4.69, 9.17) is 8.83 Å². The number of nitrogens with zero attached hydrogens (tertiary/aromatic N) is 2. The van der Waals surface area contributed by atoms with Gasteiger partial charge in [-0.2, -0.15) is 0 Å². The van der Waals surface area contributed by atoms with E-state index in [1.54, 1.807) is 0 Å². The molecule has 2 aromatic heterocycles. The van der Waals surface area contributed by atoms with E-state index in [0.29, 0.717) is 0 Å². The zero-order chi connectivity index (χ0) is 86.1. The van der Waals surface area contributed by atoms with Crippen LogP contribution in [0.3, 0.4) is 0 Å². The van der Waals surface area contributed by atoms with Crippen molar-refractivity contribution < 1.29 is 8.83 Å². The van der Waals surface area contributed by atoms with Gasteiger partial charge < -0.3 is 18.6 Å². The lowest BCUT2D eigenvalue weighted by molar-refractivity contribution is 0.661. The van der Waals surface area contributed by atoms with Crippen LogP contribution in [0, 0.1) is 0 Å². The van der Waals surface area contributed by atoms with Gasteiger partial charge in [0.1, 0.15) is 22.3 Å². The second-order valence-corrected chi connectivity index (χ2v) is 35.2. The molecule has 0 fully saturated rings. The average Bonchev–Trinajstić information content (AvgIpc) is 1.53. The van der Waals surface area contributed by atoms with Gasteiger partial charge in [-0.05, 0) is 265 Å². The van der Waals surface area contributed by atoms with Crippen molar-refractivity contribution >= 4 is 99.5 Å². The molecule has 130 heavy (non-hydrogen) atoms. The van der Waals surface area contributed by atoms with Crippen LogP contribution in [0.25, 0.3) is 177 Å². The van der Waals surface area contributed by atoms with Crippen molar-refractivity contribution in [3.05, 3.63) is 507 Å². The Bertz CT molecular complexity index is 8400. The number of anilines is 6. The molecule has 610 valence electrons. The molecular weight excluding hydrogens is 1570 g/mol. The van der Waals surface area contributed by atoms with Crippen LogP contribution < -0.4 is 9.80 Å². The minimum absolute atomic E-state index is 0.301. The molecule has 0 spiro atoms. The highest BCUT2D eigenvalue weighted by Gasteiger charge is 2.48. The average molecular weight is 1660 g/mol. The van der Waals surface area contributed by atoms with E-state index in [1.807, 2.05) is 24.3 Å². The third kappa shape index (κ3) is 12.3. The largest absolute Gasteiger partial charge is 0.456 e. The lowest BCUT2D eigenvalue weighted by atomic mass is 9.68. The molecule has 2 aliphatic carbocycles. The molecule has 21 aromatic carbocycles. The third-order valence-electron chi connectivity index (χ3n) is 27.8. The van der Waals surface area contributed by atoms with E-state index in [0.717, 1.165) is 134 Å². The first-order chi connectivity index (χ1) is 64.2. The second kappa shape index (κ2) is 30.6. The molecule has 0 amide bonds. The van der Waals surface area contributed by atoms with E-state index in [9.17, 15) is 0 Å². The van der Waals surface area contributed by atoms with Crippen molar-refractivity contribution in [3.63, 3.8) is 0 Å². The summed E-state index contributed by atoms with van der Waals surface area (Å²) in [6.45, 7) is 4.82. The number of rotatable bonds is 16. The molecule has 0 aliphatic heterocycles. The molecule has 0 saturated carbocycles. The number of hydrogen-bond acceptors (Lipinski definition) is 4. The van der Waals surface area contributed by atoms with E-state index in [2.05, 4.69) is 473 Å². The standard InChI is InChI=1S/C126H84N2O2/c1-125(2)115-79-87(83-55-65-96(66-56-83)127(95-63-53-81(54-64-95)85-61-73-122-111(77-85)108-42-16-21-51-120(108)129-122)117-48-19-14-38-102(117)90-31-23-29-88(75-90)99-45-25-28-84-27-9-10-37-98(84)99)59-69-106(115)107-70-60-92(80-116(107)125)101-72-71-100(104-40-11-12-41-105(101)104)89-30-24-32-91(76-89)103-39-15-20-49-118(103)128(97-67-57-82(58-68-97)86-62-74-123-112(78-86)109-43-17-22-52-121(109)130-123)119-50-26-47-114-124(119)110-44-13-18-46-113(110)126(114,93-33-5-3-6-34-93)94-35-7-4-8-36-94/h3-80H,1-2H3. The Labute approximate surface area is 755 Å². The first-order valence-corrected chi connectivity index (χ1v) is 45.0. The monoisotopic (exact) mass is 1660 g/mol. The van der Waals surface area contributed by atoms with Gasteiger partial charge in [-0.1, -0.05) is 372 Å². The van der Waals surface area contributed by atoms with Crippen LogP contribution in [0.2, 0.25) is 0 Å². The SMILES string of the molecule is CC1(C)c2cc(-c3ccc(N(c4ccc(-c5ccc6oc7ccccc7c6c5)cc4)c4ccccc4-c4cccc(-c5cccc6ccccc56)c4)cc3)ccc2-c2ccc(-c3ccc(-c4cccc(-c5ccccc5N(c5ccc(-c6ccc7oc8ccccc8c7c6)cc5)c5cccc6c5-c5ccccc5C6(c5ccccc5)c5ccccc5)c4)c4ccccc34)cc21. The molecule has 0 N–H and O–H groups in total. The van der Waals surface area contributed by atoms with Gasteiger partial charge in [-0.3, -0.25) is 0 Å². The highest BCUT2D eigenvalue weighted by Crippen LogP contribution is 2.61. The lowest BCUT2D eigenvalue weighted by Gasteiger charge is -2.34. The molecule has 23 aromatic rings. The number of furan rings is 2. The fourth-order valence-corrected chi connectivity index (χ4v) is 21.6. The first-order valence-electron chi connectivity index (χ1n) is 45.0. The van der Waals surface area contributed by atoms with Gasteiger partial charge in [0.05, 0.1) is 22.5 Å². The van der Waals surface area contributed by atoms with Gasteiger partial charge in [0.15, 0.2) is 0 Å². The van der Waals surface area contributed by atoms with Gasteiger partial charge in [-0.15, -0.1) is 0 Å². The summed E-state index contributed by atoms with van der Waals surface area (Å²) < 4.78 is 12.6. The topological polar surface area (TPSA) is 32.8 Å². The second-order valence-electron chi connectivity index (χ2n) is 35.2. The summed E-state index contributed by atoms with van der Waals surface area (Å²) in [4.78, 5) is 4.95. The van der Waals surface area contributed by atoms with Crippen LogP contribution in [0.15, 0.2) is 482 Å². The molecule has 0 radical (unpaired) electrons. The molecule has 2 heterocycles. The fourth-order valence-electron chi connectivity index (χ4n) is 21.6. The van der Waals surface area contributed by atoms with Crippen molar-refractivity contribution in [1.29, 1.82) is 0 Å². The molecule has 0 bridgehead atoms. The zero-order valence-electron chi connectivity index (χ0n) is 71.7. The molecule has 0 unspecified atom stereocenters. The minimum Gasteiger partial charge on any atom is -0.456 e. The highest BCUT2D eigenvalue weighted by molar-refractivity contribution is 6.10. The van der Waals surface area contributed by atoms with E-state index in [-0.39, 0.29) is 5.41 Å². The van der Waals surface area contributed by atoms with E-state index in [1.165, 1.54) is 111 Å². The van der Waals surface area contributed by atoms with Crippen LogP contribution in [-0.4, -0.2) is 0 Å². The fraction of sp³-hybridized carbons (Fsp3) is 0.0317. The molecule has 4 nitrogen and oxygen atoms in total. The maximum absolute atomic E-state index is 6.33. The number of benzene rings is 21. The summed E-state index contributed by atoms with van der Waals surface area (Å²) >= 11 is 0. The predicted molar refractivity (Wildman–Crippen MR) is 544 cm³/mol. The minimum atomic E-state index is -0.599. The molecule has 0 saturated heterocycles. The Morgan fingerprint density at radius 1 is 0.185 bits per heavy atom. The van der Waals surface area contributed by atoms with Crippen molar-refractivity contribution in [1.82, 2.24) is 0 Å². The van der Waals surface area contributed by atoms with Gasteiger partial charge >= 0.3 is 0 Å². The zero-order valence-corrected chi connectivity index (χ0v) is 71.7. The summed E-state index contributed by atoms with van der Waals surface area (Å²) in [7, 11) is 0. The van der Waals surface area contributed by atoms with Crippen molar-refractivity contribution in [3.8, 4) is 111 Å². The first kappa shape index (κ1) is 75.8. The van der Waals surface area contributed by atoms with Gasteiger partial charge in [-0.25, -0.2) is 0 Å². The van der Waals surface area contributed by atoms with Crippen molar-refractivity contribution in [2.75, 3.05) is 9.80 Å². The number of fused-ring (bicyclic) bond motifs is 14. The molecule has 2 aliphatic rings. The van der Waals surface area contributed by atoms with Crippen molar-refractivity contribution in [2.45, 2.75) is 24.7 Å². The Balaban J connectivity index is 0.547. The highest BCUT2D eigenvalue weighted by atomic mass is 16.3. The number of hydrogen-bond donors (Lipinski definition) is 0. The summed E-state index contributed by atoms with van der Waals surface area (Å²) in [5, 5.41) is 9.33. The molecule has 25 rings (SSSR count). The summed E-state index contributed by atoms with van der Waals surface area (Å²) in [5.74, 6) is 0. The Hall–Kier alpha value is -16.7. The van der Waals surface area contributed by atoms with Crippen LogP contribution in [0.1, 0.15) is 47.2 Å². The maximum atomic E-state index is 6.33. The lowest BCUT2D eigenvalue weighted by Crippen LogP contribution is -2.28. The van der Waals surface area contributed by atoms with Crippen LogP contribution >= 0.6 is 0 Å². The Morgan fingerprint density at radius 2 is 0.523 bits per heavy atom. The van der Waals surface area contributed by atoms with Crippen LogP contribution in [0.5, 0.6) is 0 Å². The smallest absolute Gasteiger partial charge is 0.135 e. The Morgan fingerprint density at radius 3 is 1.07 bits per heavy atom. The van der Waals surface area contributed by atoms with E-state index < -0.39 is 5.41 Å². The summed E-state index contributed by atoms with van der Waals surface area (Å²) in [6.07, 6.45) is 0. The van der Waals surface area contributed by atoms with Gasteiger partial charge in [0, 0.05) is 60.7 Å². The molecule has 4 heteroatoms. The van der Waals surface area contributed by atoms with Crippen LogP contribution in [-0.2, 0) is 10.8 Å². The quantitative estimate of drug-likeness (QED) is 0.0965. The molecular formula is C126H84N2O2. The van der Waals surface area contributed by atoms with Crippen molar-refractivity contribution in [2.24, 2.45) is 0 Å². The maximum Gasteiger partial charge on any atom is 0.135 e. The predicted octanol–water partition coefficient (Wildman–Crippen LogP) is 34.7. The van der Waals surface area contributed by atoms with Gasteiger partial charge in [0.25, 0.3) is 0 Å². The van der Waals surface area contributed by atoms with Crippen LogP contribution in [0.4, 0.5) is 34.1 Å². The van der Waals surface area contributed by atoms with Gasteiger partial charge in [0.2, 0.25) is 0 Å². The third-order valence-corrected chi connectivity index (χ3v) is 27.8.